The van der Waals surface area contributed by atoms with Crippen LogP contribution in [0.2, 0.25) is 0 Å². The molecule has 0 spiro atoms. The van der Waals surface area contributed by atoms with Crippen LogP contribution in [0.25, 0.3) is 11.8 Å². The van der Waals surface area contributed by atoms with Crippen molar-refractivity contribution >= 4 is 40.6 Å². The van der Waals surface area contributed by atoms with Crippen LogP contribution < -0.4 is 4.74 Å². The topological polar surface area (TPSA) is 134 Å². The first kappa shape index (κ1) is 26.6. The average molecular weight is 537 g/mol. The molecule has 2 aromatic heterocycles. The molecule has 0 radical (unpaired) electrons. The van der Waals surface area contributed by atoms with Gasteiger partial charge in [0.2, 0.25) is 5.88 Å². The van der Waals surface area contributed by atoms with Crippen molar-refractivity contribution in [2.24, 2.45) is 0 Å². The summed E-state index contributed by atoms with van der Waals surface area (Å²) < 4.78 is 12.6. The first-order valence-corrected chi connectivity index (χ1v) is 12.4. The van der Waals surface area contributed by atoms with Crippen LogP contribution in [0, 0.1) is 24.0 Å². The Balaban J connectivity index is 1.53. The van der Waals surface area contributed by atoms with Gasteiger partial charge in [-0.15, -0.1) is 0 Å². The lowest BCUT2D eigenvalue weighted by Gasteiger charge is -2.19. The number of aryl methyl sites for hydroxylation is 1. The van der Waals surface area contributed by atoms with Crippen LogP contribution in [0.15, 0.2) is 53.6 Å². The molecule has 196 valence electrons. The van der Waals surface area contributed by atoms with Gasteiger partial charge < -0.3 is 14.0 Å². The van der Waals surface area contributed by atoms with Crippen molar-refractivity contribution in [2.45, 2.75) is 33.7 Å². The van der Waals surface area contributed by atoms with Crippen LogP contribution in [-0.4, -0.2) is 49.1 Å². The van der Waals surface area contributed by atoms with Gasteiger partial charge in [0.1, 0.15) is 18.0 Å². The Labute approximate surface area is 222 Å². The summed E-state index contributed by atoms with van der Waals surface area (Å²) in [6.45, 7) is 7.10. The van der Waals surface area contributed by atoms with Crippen molar-refractivity contribution in [2.75, 3.05) is 6.61 Å². The lowest BCUT2D eigenvalue weighted by Crippen LogP contribution is -2.42. The van der Waals surface area contributed by atoms with Crippen molar-refractivity contribution < 1.29 is 28.8 Å². The quantitative estimate of drug-likeness (QED) is 0.165. The zero-order chi connectivity index (χ0) is 27.6. The Hall–Kier alpha value is -4.45. The Morgan fingerprint density at radius 2 is 1.89 bits per heavy atom. The molecule has 1 aliphatic heterocycles. The maximum absolute atomic E-state index is 12.9. The number of pyridine rings is 1. The fourth-order valence-corrected chi connectivity index (χ4v) is 4.88. The summed E-state index contributed by atoms with van der Waals surface area (Å²) in [7, 11) is 0. The molecular formula is C26H24N4O7S. The third kappa shape index (κ3) is 5.30. The molecular weight excluding hydrogens is 512 g/mol. The number of esters is 1. The van der Waals surface area contributed by atoms with Crippen LogP contribution in [0.1, 0.15) is 30.8 Å². The van der Waals surface area contributed by atoms with E-state index in [1.807, 2.05) is 36.6 Å². The predicted octanol–water partition coefficient (Wildman–Crippen LogP) is 5.18. The number of nitro groups is 1. The second kappa shape index (κ2) is 10.9. The number of benzene rings is 1. The average Bonchev–Trinajstić information content (AvgIpc) is 3.32. The Morgan fingerprint density at radius 3 is 2.50 bits per heavy atom. The van der Waals surface area contributed by atoms with Crippen molar-refractivity contribution in [1.29, 1.82) is 0 Å². The minimum absolute atomic E-state index is 0.125. The number of rotatable bonds is 8. The molecule has 0 saturated carbocycles. The van der Waals surface area contributed by atoms with Crippen LogP contribution in [0.5, 0.6) is 11.6 Å². The van der Waals surface area contributed by atoms with E-state index in [2.05, 4.69) is 4.98 Å². The molecule has 3 aromatic rings. The normalized spacial score (nSPS) is 15.2. The van der Waals surface area contributed by atoms with Gasteiger partial charge in [-0.05, 0) is 81.4 Å². The van der Waals surface area contributed by atoms with E-state index in [1.165, 1.54) is 19.1 Å². The van der Waals surface area contributed by atoms with Crippen molar-refractivity contribution in [3.8, 4) is 17.3 Å². The number of carbonyl (C=O) groups is 3. The van der Waals surface area contributed by atoms with Crippen LogP contribution in [0.4, 0.5) is 10.5 Å². The van der Waals surface area contributed by atoms with Gasteiger partial charge in [0.15, 0.2) is 0 Å². The molecule has 38 heavy (non-hydrogen) atoms. The summed E-state index contributed by atoms with van der Waals surface area (Å²) in [6.07, 6.45) is 2.78. The Kier molecular flexibility index (Phi) is 7.62. The Morgan fingerprint density at radius 1 is 1.18 bits per heavy atom. The molecule has 0 N–H and O–H groups in total. The Bertz CT molecular complexity index is 1450. The number of ether oxygens (including phenoxy) is 2. The summed E-state index contributed by atoms with van der Waals surface area (Å²) in [4.78, 5) is 52.8. The molecule has 1 aromatic carbocycles. The summed E-state index contributed by atoms with van der Waals surface area (Å²) in [6, 6.07) is 10.8. The predicted molar refractivity (Wildman–Crippen MR) is 140 cm³/mol. The number of nitrogens with zero attached hydrogens (tertiary/aromatic N) is 4. The van der Waals surface area contributed by atoms with E-state index in [1.54, 1.807) is 25.1 Å². The minimum atomic E-state index is -1.01. The summed E-state index contributed by atoms with van der Waals surface area (Å²) in [5.74, 6) is -0.440. The molecule has 2 amide bonds. The monoisotopic (exact) mass is 536 g/mol. The van der Waals surface area contributed by atoms with E-state index in [0.29, 0.717) is 5.75 Å². The van der Waals surface area contributed by atoms with Gasteiger partial charge in [0, 0.05) is 29.2 Å². The summed E-state index contributed by atoms with van der Waals surface area (Å²) >= 11 is 0.787. The number of hydrogen-bond donors (Lipinski definition) is 0. The highest BCUT2D eigenvalue weighted by molar-refractivity contribution is 8.18. The van der Waals surface area contributed by atoms with Crippen LogP contribution >= 0.6 is 11.8 Å². The molecule has 12 heteroatoms. The molecule has 1 fully saturated rings. The van der Waals surface area contributed by atoms with E-state index >= 15 is 0 Å². The van der Waals surface area contributed by atoms with E-state index in [0.717, 1.165) is 45.5 Å². The molecule has 0 aliphatic carbocycles. The van der Waals surface area contributed by atoms with E-state index in [9.17, 15) is 24.5 Å². The van der Waals surface area contributed by atoms with Crippen molar-refractivity contribution in [3.05, 3.63) is 80.6 Å². The largest absolute Gasteiger partial charge is 0.464 e. The zero-order valence-corrected chi connectivity index (χ0v) is 21.9. The highest BCUT2D eigenvalue weighted by Gasteiger charge is 2.41. The molecule has 1 atom stereocenters. The molecule has 11 nitrogen and oxygen atoms in total. The minimum Gasteiger partial charge on any atom is -0.464 e. The highest BCUT2D eigenvalue weighted by atomic mass is 32.2. The second-order valence-corrected chi connectivity index (χ2v) is 9.34. The SMILES string of the molecule is CCOC(=O)[C@H](C)N1C(=O)S/C(=C/c2cc(C)n(-c3ccc(Oc4ccc([N+](=O)[O-])cn4)cc3)c2C)C1=O. The maximum atomic E-state index is 12.9. The first-order valence-electron chi connectivity index (χ1n) is 11.6. The third-order valence-electron chi connectivity index (χ3n) is 5.84. The maximum Gasteiger partial charge on any atom is 0.329 e. The lowest BCUT2D eigenvalue weighted by molar-refractivity contribution is -0.385. The van der Waals surface area contributed by atoms with Gasteiger partial charge in [-0.1, -0.05) is 0 Å². The molecule has 3 heterocycles. The van der Waals surface area contributed by atoms with Gasteiger partial charge in [0.05, 0.1) is 16.4 Å². The number of hydrogen-bond acceptors (Lipinski definition) is 9. The third-order valence-corrected chi connectivity index (χ3v) is 6.73. The van der Waals surface area contributed by atoms with E-state index in [-0.39, 0.29) is 23.1 Å². The van der Waals surface area contributed by atoms with Gasteiger partial charge in [-0.2, -0.15) is 0 Å². The summed E-state index contributed by atoms with van der Waals surface area (Å²) in [5, 5.41) is 10.3. The van der Waals surface area contributed by atoms with E-state index in [4.69, 9.17) is 9.47 Å². The second-order valence-electron chi connectivity index (χ2n) is 8.35. The number of carbonyl (C=O) groups excluding carboxylic acids is 3. The van der Waals surface area contributed by atoms with E-state index < -0.39 is 28.1 Å². The van der Waals surface area contributed by atoms with Gasteiger partial charge >= 0.3 is 5.97 Å². The van der Waals surface area contributed by atoms with Crippen molar-refractivity contribution in [3.63, 3.8) is 0 Å². The number of imide groups is 1. The first-order chi connectivity index (χ1) is 18.1. The fraction of sp³-hybridized carbons (Fsp3) is 0.231. The standard InChI is InChI=1S/C26H24N4O7S/c1-5-36-25(32)17(4)29-24(31)22(38-26(29)33)13-18-12-15(2)28(16(18)3)19-6-9-21(10-7-19)37-23-11-8-20(14-27-23)30(34)35/h6-14,17H,5H2,1-4H3/b22-13+/t17-/m0/s1. The van der Waals surface area contributed by atoms with Gasteiger partial charge in [0.25, 0.3) is 16.8 Å². The molecule has 0 unspecified atom stereocenters. The number of amides is 2. The number of thioether (sulfide) groups is 1. The van der Waals surface area contributed by atoms with Gasteiger partial charge in [-0.25, -0.2) is 9.78 Å². The van der Waals surface area contributed by atoms with Crippen molar-refractivity contribution in [1.82, 2.24) is 14.5 Å². The van der Waals surface area contributed by atoms with Crippen LogP contribution in [-0.2, 0) is 14.3 Å². The highest BCUT2D eigenvalue weighted by Crippen LogP contribution is 2.35. The van der Waals surface area contributed by atoms with Gasteiger partial charge in [-0.3, -0.25) is 24.6 Å². The molecule has 1 aliphatic rings. The fourth-order valence-electron chi connectivity index (χ4n) is 3.98. The molecule has 0 bridgehead atoms. The van der Waals surface area contributed by atoms with Crippen LogP contribution in [0.3, 0.4) is 0 Å². The summed E-state index contributed by atoms with van der Waals surface area (Å²) in [5.41, 5.74) is 3.22. The smallest absolute Gasteiger partial charge is 0.329 e. The number of aromatic nitrogens is 2. The lowest BCUT2D eigenvalue weighted by atomic mass is 10.2. The molecule has 4 rings (SSSR count). The molecule has 1 saturated heterocycles. The zero-order valence-electron chi connectivity index (χ0n) is 21.0.